The standard InChI is InChI=1S/C25H34FN3O4S/c1-6-19(4)27-25(31)23(7-2)29(16-20-10-12-21(26)13-11-20)24(30)17-28(5)34(32,33)22-14-8-18(3)9-15-22/h8-15,19,23H,6-7,16-17H2,1-5H3,(H,27,31)/t19-,23+/m1/s1. The van der Waals surface area contributed by atoms with Crippen LogP contribution in [0.3, 0.4) is 0 Å². The molecule has 2 atom stereocenters. The second-order valence-electron chi connectivity index (χ2n) is 8.46. The Bertz CT molecular complexity index is 1070. The zero-order valence-corrected chi connectivity index (χ0v) is 21.2. The van der Waals surface area contributed by atoms with E-state index in [9.17, 15) is 22.4 Å². The highest BCUT2D eigenvalue weighted by Crippen LogP contribution is 2.18. The van der Waals surface area contributed by atoms with Crippen LogP contribution in [0.25, 0.3) is 0 Å². The van der Waals surface area contributed by atoms with Crippen LogP contribution in [-0.4, -0.2) is 55.1 Å². The predicted molar refractivity (Wildman–Crippen MR) is 130 cm³/mol. The van der Waals surface area contributed by atoms with Crippen LogP contribution in [0.4, 0.5) is 4.39 Å². The molecule has 0 aliphatic rings. The van der Waals surface area contributed by atoms with E-state index in [4.69, 9.17) is 0 Å². The van der Waals surface area contributed by atoms with Gasteiger partial charge in [-0.2, -0.15) is 4.31 Å². The highest BCUT2D eigenvalue weighted by Gasteiger charge is 2.32. The van der Waals surface area contributed by atoms with Gasteiger partial charge < -0.3 is 10.2 Å². The third-order valence-corrected chi connectivity index (χ3v) is 7.56. The maximum atomic E-state index is 13.4. The van der Waals surface area contributed by atoms with Gasteiger partial charge in [0.05, 0.1) is 11.4 Å². The molecule has 0 bridgehead atoms. The first-order valence-corrected chi connectivity index (χ1v) is 12.8. The van der Waals surface area contributed by atoms with Crippen molar-refractivity contribution in [2.45, 2.75) is 64.1 Å². The third-order valence-electron chi connectivity index (χ3n) is 5.74. The Balaban J connectivity index is 2.32. The van der Waals surface area contributed by atoms with E-state index >= 15 is 0 Å². The number of benzene rings is 2. The Morgan fingerprint density at radius 2 is 1.59 bits per heavy atom. The Labute approximate surface area is 202 Å². The Kier molecular flexibility index (Phi) is 9.76. The fourth-order valence-corrected chi connectivity index (χ4v) is 4.52. The van der Waals surface area contributed by atoms with Crippen LogP contribution in [-0.2, 0) is 26.2 Å². The quantitative estimate of drug-likeness (QED) is 0.521. The Morgan fingerprint density at radius 3 is 2.12 bits per heavy atom. The first-order valence-electron chi connectivity index (χ1n) is 11.4. The minimum Gasteiger partial charge on any atom is -0.352 e. The van der Waals surface area contributed by atoms with Crippen LogP contribution in [0, 0.1) is 12.7 Å². The zero-order chi connectivity index (χ0) is 25.5. The van der Waals surface area contributed by atoms with Crippen molar-refractivity contribution in [3.05, 3.63) is 65.5 Å². The van der Waals surface area contributed by atoms with Gasteiger partial charge in [-0.3, -0.25) is 9.59 Å². The van der Waals surface area contributed by atoms with Gasteiger partial charge >= 0.3 is 0 Å². The van der Waals surface area contributed by atoms with E-state index in [2.05, 4.69) is 5.32 Å². The summed E-state index contributed by atoms with van der Waals surface area (Å²) in [6.45, 7) is 7.07. The van der Waals surface area contributed by atoms with Crippen molar-refractivity contribution >= 4 is 21.8 Å². The number of amides is 2. The highest BCUT2D eigenvalue weighted by atomic mass is 32.2. The molecule has 0 saturated carbocycles. The molecule has 0 unspecified atom stereocenters. The SMILES string of the molecule is CC[C@@H](C)NC(=O)[C@H](CC)N(Cc1ccc(F)cc1)C(=O)CN(C)S(=O)(=O)c1ccc(C)cc1. The van der Waals surface area contributed by atoms with E-state index in [0.29, 0.717) is 12.0 Å². The van der Waals surface area contributed by atoms with E-state index in [1.165, 1.54) is 36.2 Å². The first kappa shape index (κ1) is 27.5. The summed E-state index contributed by atoms with van der Waals surface area (Å²) < 4.78 is 40.4. The molecule has 0 radical (unpaired) electrons. The molecular formula is C25H34FN3O4S. The Morgan fingerprint density at radius 1 is 1.00 bits per heavy atom. The molecule has 0 spiro atoms. The van der Waals surface area contributed by atoms with Crippen LogP contribution in [0.5, 0.6) is 0 Å². The smallest absolute Gasteiger partial charge is 0.243 e. The summed E-state index contributed by atoms with van der Waals surface area (Å²) in [5.74, 6) is -1.24. The van der Waals surface area contributed by atoms with Crippen LogP contribution >= 0.6 is 0 Å². The third kappa shape index (κ3) is 7.11. The van der Waals surface area contributed by atoms with Crippen molar-refractivity contribution in [3.8, 4) is 0 Å². The summed E-state index contributed by atoms with van der Waals surface area (Å²) in [7, 11) is -2.57. The lowest BCUT2D eigenvalue weighted by atomic mass is 10.1. The van der Waals surface area contributed by atoms with E-state index in [1.807, 2.05) is 20.8 Å². The largest absolute Gasteiger partial charge is 0.352 e. The summed E-state index contributed by atoms with van der Waals surface area (Å²) in [4.78, 5) is 27.8. The number of rotatable bonds is 11. The number of carbonyl (C=O) groups is 2. The lowest BCUT2D eigenvalue weighted by Gasteiger charge is -2.32. The summed E-state index contributed by atoms with van der Waals surface area (Å²) in [6.07, 6.45) is 1.06. The normalized spacial score (nSPS) is 13.4. The summed E-state index contributed by atoms with van der Waals surface area (Å²) >= 11 is 0. The molecule has 0 aliphatic heterocycles. The van der Waals surface area contributed by atoms with Gasteiger partial charge in [0.2, 0.25) is 21.8 Å². The average molecular weight is 492 g/mol. The number of hydrogen-bond acceptors (Lipinski definition) is 4. The minimum absolute atomic E-state index is 0.0456. The zero-order valence-electron chi connectivity index (χ0n) is 20.4. The molecular weight excluding hydrogens is 457 g/mol. The molecule has 0 heterocycles. The van der Waals surface area contributed by atoms with Crippen LogP contribution in [0.1, 0.15) is 44.7 Å². The predicted octanol–water partition coefficient (Wildman–Crippen LogP) is 3.48. The summed E-state index contributed by atoms with van der Waals surface area (Å²) in [6, 6.07) is 11.1. The summed E-state index contributed by atoms with van der Waals surface area (Å²) in [5, 5.41) is 2.90. The number of halogens is 1. The molecule has 34 heavy (non-hydrogen) atoms. The summed E-state index contributed by atoms with van der Waals surface area (Å²) in [5.41, 5.74) is 1.55. The first-order chi connectivity index (χ1) is 16.0. The van der Waals surface area contributed by atoms with Gasteiger partial charge in [0.1, 0.15) is 11.9 Å². The van der Waals surface area contributed by atoms with Gasteiger partial charge in [0.15, 0.2) is 0 Å². The van der Waals surface area contributed by atoms with Gasteiger partial charge in [0.25, 0.3) is 0 Å². The van der Waals surface area contributed by atoms with Gasteiger partial charge in [-0.25, -0.2) is 12.8 Å². The molecule has 2 aromatic carbocycles. The van der Waals surface area contributed by atoms with E-state index in [-0.39, 0.29) is 23.4 Å². The molecule has 186 valence electrons. The van der Waals surface area contributed by atoms with Crippen LogP contribution in [0.15, 0.2) is 53.4 Å². The minimum atomic E-state index is -3.90. The lowest BCUT2D eigenvalue weighted by Crippen LogP contribution is -2.53. The lowest BCUT2D eigenvalue weighted by molar-refractivity contribution is -0.141. The van der Waals surface area contributed by atoms with Crippen molar-refractivity contribution in [2.24, 2.45) is 0 Å². The number of nitrogens with zero attached hydrogens (tertiary/aromatic N) is 2. The van der Waals surface area contributed by atoms with E-state index in [0.717, 1.165) is 16.3 Å². The maximum Gasteiger partial charge on any atom is 0.243 e. The molecule has 0 aliphatic carbocycles. The molecule has 7 nitrogen and oxygen atoms in total. The molecule has 0 fully saturated rings. The molecule has 2 amide bonds. The maximum absolute atomic E-state index is 13.4. The fraction of sp³-hybridized carbons (Fsp3) is 0.440. The topological polar surface area (TPSA) is 86.8 Å². The van der Waals surface area contributed by atoms with Crippen molar-refractivity contribution in [2.75, 3.05) is 13.6 Å². The van der Waals surface area contributed by atoms with Gasteiger partial charge in [-0.05, 0) is 56.5 Å². The van der Waals surface area contributed by atoms with E-state index in [1.54, 1.807) is 31.2 Å². The van der Waals surface area contributed by atoms with Crippen molar-refractivity contribution in [1.82, 2.24) is 14.5 Å². The van der Waals surface area contributed by atoms with Crippen molar-refractivity contribution < 1.29 is 22.4 Å². The number of carbonyl (C=O) groups excluding carboxylic acids is 2. The second kappa shape index (κ2) is 12.1. The highest BCUT2D eigenvalue weighted by molar-refractivity contribution is 7.89. The van der Waals surface area contributed by atoms with Crippen LogP contribution in [0.2, 0.25) is 0 Å². The fourth-order valence-electron chi connectivity index (χ4n) is 3.40. The van der Waals surface area contributed by atoms with Crippen molar-refractivity contribution in [3.63, 3.8) is 0 Å². The van der Waals surface area contributed by atoms with Crippen molar-refractivity contribution in [1.29, 1.82) is 0 Å². The van der Waals surface area contributed by atoms with E-state index < -0.39 is 34.3 Å². The molecule has 9 heteroatoms. The number of hydrogen-bond donors (Lipinski definition) is 1. The second-order valence-corrected chi connectivity index (χ2v) is 10.5. The Hall–Kier alpha value is -2.78. The molecule has 0 aromatic heterocycles. The number of sulfonamides is 1. The number of nitrogens with one attached hydrogen (secondary N) is 1. The monoisotopic (exact) mass is 491 g/mol. The van der Waals surface area contributed by atoms with Gasteiger partial charge in [-0.1, -0.05) is 43.7 Å². The molecule has 2 aromatic rings. The average Bonchev–Trinajstić information content (AvgIpc) is 2.80. The number of likely N-dealkylation sites (N-methyl/N-ethyl adjacent to an activating group) is 1. The molecule has 2 rings (SSSR count). The van der Waals surface area contributed by atoms with Gasteiger partial charge in [-0.15, -0.1) is 0 Å². The molecule has 0 saturated heterocycles. The molecule has 1 N–H and O–H groups in total. The van der Waals surface area contributed by atoms with Gasteiger partial charge in [0, 0.05) is 19.6 Å². The number of aryl methyl sites for hydroxylation is 1. The van der Waals surface area contributed by atoms with Crippen LogP contribution < -0.4 is 5.32 Å².